The van der Waals surface area contributed by atoms with E-state index in [1.807, 2.05) is 18.2 Å². The van der Waals surface area contributed by atoms with Crippen molar-refractivity contribution in [2.24, 2.45) is 0 Å². The third kappa shape index (κ3) is 3.57. The van der Waals surface area contributed by atoms with Crippen LogP contribution in [0.2, 0.25) is 0 Å². The summed E-state index contributed by atoms with van der Waals surface area (Å²) in [5.41, 5.74) is 1.24. The average Bonchev–Trinajstić information content (AvgIpc) is 2.49. The van der Waals surface area contributed by atoms with Crippen molar-refractivity contribution in [3.05, 3.63) is 60.2 Å². The Morgan fingerprint density at radius 2 is 1.90 bits per heavy atom. The van der Waals surface area contributed by atoms with Crippen LogP contribution in [-0.2, 0) is 4.79 Å². The van der Waals surface area contributed by atoms with E-state index in [0.29, 0.717) is 24.1 Å². The third-order valence-electron chi connectivity index (χ3n) is 3.10. The highest BCUT2D eigenvalue weighted by Crippen LogP contribution is 2.23. The number of carbonyl (C=O) groups is 2. The zero-order chi connectivity index (χ0) is 14.4. The molecule has 0 radical (unpaired) electrons. The first-order valence-electron chi connectivity index (χ1n) is 6.53. The molecule has 0 aliphatic carbocycles. The van der Waals surface area contributed by atoms with Gasteiger partial charge < -0.3 is 4.79 Å². The lowest BCUT2D eigenvalue weighted by Crippen LogP contribution is -2.15. The summed E-state index contributed by atoms with van der Waals surface area (Å²) in [6.07, 6.45) is 5.54. The number of ketones is 2. The van der Waals surface area contributed by atoms with Crippen LogP contribution in [0.3, 0.4) is 0 Å². The highest BCUT2D eigenvalue weighted by atomic mass is 16.1. The van der Waals surface area contributed by atoms with Crippen molar-refractivity contribution in [1.29, 1.82) is 0 Å². The molecule has 1 aromatic carbocycles. The first-order valence-corrected chi connectivity index (χ1v) is 6.53. The normalized spacial score (nSPS) is 11.8. The molecule has 0 bridgehead atoms. The fraction of sp³-hybridized carbons (Fsp3) is 0.250. The molecule has 0 amide bonds. The van der Waals surface area contributed by atoms with E-state index < -0.39 is 5.92 Å². The Hall–Kier alpha value is -2.36. The molecular weight excluding hydrogens is 252 g/mol. The molecule has 20 heavy (non-hydrogen) atoms. The van der Waals surface area contributed by atoms with Crippen LogP contribution in [0.5, 0.6) is 0 Å². The lowest BCUT2D eigenvalue weighted by Gasteiger charge is -2.14. The maximum Gasteiger partial charge on any atom is 0.171 e. The maximum absolute atomic E-state index is 12.6. The number of aromatic nitrogens is 2. The zero-order valence-corrected chi connectivity index (χ0v) is 11.3. The van der Waals surface area contributed by atoms with Crippen LogP contribution in [0.15, 0.2) is 48.9 Å². The van der Waals surface area contributed by atoms with Gasteiger partial charge >= 0.3 is 0 Å². The number of Topliss-reactive ketones (excluding diaryl/α,β-unsaturated/α-hetero) is 2. The fourth-order valence-corrected chi connectivity index (χ4v) is 2.06. The van der Waals surface area contributed by atoms with Gasteiger partial charge in [-0.3, -0.25) is 14.8 Å². The smallest absolute Gasteiger partial charge is 0.171 e. The van der Waals surface area contributed by atoms with Gasteiger partial charge in [0.1, 0.15) is 5.78 Å². The van der Waals surface area contributed by atoms with E-state index in [-0.39, 0.29) is 11.6 Å². The lowest BCUT2D eigenvalue weighted by molar-refractivity contribution is -0.117. The Morgan fingerprint density at radius 1 is 1.15 bits per heavy atom. The molecule has 0 aliphatic rings. The van der Waals surface area contributed by atoms with Gasteiger partial charge in [-0.1, -0.05) is 30.3 Å². The van der Waals surface area contributed by atoms with Crippen molar-refractivity contribution in [2.45, 2.75) is 25.7 Å². The van der Waals surface area contributed by atoms with Gasteiger partial charge in [0.2, 0.25) is 0 Å². The molecule has 0 N–H and O–H groups in total. The molecule has 0 aliphatic heterocycles. The van der Waals surface area contributed by atoms with Gasteiger partial charge in [0.05, 0.1) is 11.6 Å². The highest BCUT2D eigenvalue weighted by molar-refractivity contribution is 6.00. The minimum atomic E-state index is -0.421. The quantitative estimate of drug-likeness (QED) is 0.756. The Kier molecular flexibility index (Phi) is 4.71. The number of benzene rings is 1. The number of hydrogen-bond acceptors (Lipinski definition) is 4. The molecule has 0 saturated heterocycles. The SMILES string of the molecule is CC(=O)CC[C@H](C(=O)c1ccccc1)c1cnccn1. The van der Waals surface area contributed by atoms with Gasteiger partial charge in [-0.2, -0.15) is 0 Å². The molecule has 0 unspecified atom stereocenters. The van der Waals surface area contributed by atoms with E-state index in [1.165, 1.54) is 6.92 Å². The van der Waals surface area contributed by atoms with Crippen molar-refractivity contribution in [2.75, 3.05) is 0 Å². The van der Waals surface area contributed by atoms with E-state index >= 15 is 0 Å². The van der Waals surface area contributed by atoms with Gasteiger partial charge in [0.15, 0.2) is 5.78 Å². The summed E-state index contributed by atoms with van der Waals surface area (Å²) in [6, 6.07) is 9.07. The summed E-state index contributed by atoms with van der Waals surface area (Å²) in [4.78, 5) is 32.0. The van der Waals surface area contributed by atoms with Gasteiger partial charge in [0, 0.05) is 30.6 Å². The van der Waals surface area contributed by atoms with E-state index in [4.69, 9.17) is 0 Å². The minimum absolute atomic E-state index is 0.0210. The standard InChI is InChI=1S/C16H16N2O2/c1-12(19)7-8-14(15-11-17-9-10-18-15)16(20)13-5-3-2-4-6-13/h2-6,9-11,14H,7-8H2,1H3/t14-/m0/s1. The second kappa shape index (κ2) is 6.70. The van der Waals surface area contributed by atoms with Crippen LogP contribution in [0.4, 0.5) is 0 Å². The van der Waals surface area contributed by atoms with Crippen molar-refractivity contribution in [3.63, 3.8) is 0 Å². The molecule has 0 spiro atoms. The zero-order valence-electron chi connectivity index (χ0n) is 11.3. The lowest BCUT2D eigenvalue weighted by atomic mass is 9.90. The number of nitrogens with zero attached hydrogens (tertiary/aromatic N) is 2. The molecular formula is C16H16N2O2. The Bertz CT molecular complexity index is 582. The van der Waals surface area contributed by atoms with Crippen molar-refractivity contribution >= 4 is 11.6 Å². The highest BCUT2D eigenvalue weighted by Gasteiger charge is 2.23. The summed E-state index contributed by atoms with van der Waals surface area (Å²) in [5, 5.41) is 0. The Labute approximate surface area is 117 Å². The number of carbonyl (C=O) groups excluding carboxylic acids is 2. The van der Waals surface area contributed by atoms with Crippen molar-refractivity contribution < 1.29 is 9.59 Å². The van der Waals surface area contributed by atoms with Gasteiger partial charge in [-0.05, 0) is 13.3 Å². The first-order chi connectivity index (χ1) is 9.68. The fourth-order valence-electron chi connectivity index (χ4n) is 2.06. The summed E-state index contributed by atoms with van der Waals surface area (Å²) in [7, 11) is 0. The monoisotopic (exact) mass is 268 g/mol. The predicted molar refractivity (Wildman–Crippen MR) is 75.5 cm³/mol. The number of hydrogen-bond donors (Lipinski definition) is 0. The first kappa shape index (κ1) is 14.1. The molecule has 0 saturated carbocycles. The van der Waals surface area contributed by atoms with Crippen LogP contribution in [-0.4, -0.2) is 21.5 Å². The summed E-state index contributed by atoms with van der Waals surface area (Å²) >= 11 is 0. The second-order valence-electron chi connectivity index (χ2n) is 4.65. The topological polar surface area (TPSA) is 59.9 Å². The molecule has 4 nitrogen and oxygen atoms in total. The number of rotatable bonds is 6. The summed E-state index contributed by atoms with van der Waals surface area (Å²) in [5.74, 6) is -0.373. The van der Waals surface area contributed by atoms with Gasteiger partial charge in [-0.25, -0.2) is 0 Å². The van der Waals surface area contributed by atoms with E-state index in [2.05, 4.69) is 9.97 Å². The van der Waals surface area contributed by atoms with Gasteiger partial charge in [0.25, 0.3) is 0 Å². The maximum atomic E-state index is 12.6. The van der Waals surface area contributed by atoms with E-state index in [1.54, 1.807) is 30.7 Å². The average molecular weight is 268 g/mol. The van der Waals surface area contributed by atoms with Crippen molar-refractivity contribution in [3.8, 4) is 0 Å². The molecule has 1 heterocycles. The molecule has 2 aromatic rings. The van der Waals surface area contributed by atoms with Gasteiger partial charge in [-0.15, -0.1) is 0 Å². The van der Waals surface area contributed by atoms with Crippen LogP contribution < -0.4 is 0 Å². The molecule has 102 valence electrons. The van der Waals surface area contributed by atoms with Crippen LogP contribution in [0, 0.1) is 0 Å². The Morgan fingerprint density at radius 3 is 2.50 bits per heavy atom. The predicted octanol–water partition coefficient (Wildman–Crippen LogP) is 2.81. The van der Waals surface area contributed by atoms with Crippen molar-refractivity contribution in [1.82, 2.24) is 9.97 Å². The Balaban J connectivity index is 2.27. The third-order valence-corrected chi connectivity index (χ3v) is 3.10. The largest absolute Gasteiger partial charge is 0.300 e. The van der Waals surface area contributed by atoms with Crippen LogP contribution in [0.25, 0.3) is 0 Å². The van der Waals surface area contributed by atoms with E-state index in [9.17, 15) is 9.59 Å². The molecule has 4 heteroatoms. The molecule has 1 atom stereocenters. The second-order valence-corrected chi connectivity index (χ2v) is 4.65. The molecule has 1 aromatic heterocycles. The summed E-state index contributed by atoms with van der Waals surface area (Å²) in [6.45, 7) is 1.53. The molecule has 0 fully saturated rings. The van der Waals surface area contributed by atoms with Crippen LogP contribution >= 0.6 is 0 Å². The van der Waals surface area contributed by atoms with Crippen LogP contribution in [0.1, 0.15) is 41.7 Å². The summed E-state index contributed by atoms with van der Waals surface area (Å²) < 4.78 is 0. The minimum Gasteiger partial charge on any atom is -0.300 e. The van der Waals surface area contributed by atoms with E-state index in [0.717, 1.165) is 0 Å². The molecule has 2 rings (SSSR count).